The summed E-state index contributed by atoms with van der Waals surface area (Å²) >= 11 is 4.31. The molecular weight excluding hydrogens is 450 g/mol. The van der Waals surface area contributed by atoms with E-state index in [1.165, 1.54) is 0 Å². The zero-order valence-corrected chi connectivity index (χ0v) is 22.8. The van der Waals surface area contributed by atoms with Gasteiger partial charge >= 0.3 is 6.09 Å². The van der Waals surface area contributed by atoms with Gasteiger partial charge < -0.3 is 20.3 Å². The van der Waals surface area contributed by atoms with E-state index in [9.17, 15) is 14.4 Å². The molecule has 0 aliphatic carbocycles. The number of nitrogens with zero attached hydrogens (tertiary/aromatic N) is 1. The Hall–Kier alpha value is -2.22. The minimum absolute atomic E-state index is 0.0793. The van der Waals surface area contributed by atoms with Gasteiger partial charge in [-0.3, -0.25) is 9.59 Å². The molecule has 0 fully saturated rings. The van der Waals surface area contributed by atoms with Gasteiger partial charge in [0.25, 0.3) is 0 Å². The van der Waals surface area contributed by atoms with Crippen LogP contribution in [0.25, 0.3) is 0 Å². The second kappa shape index (κ2) is 14.2. The van der Waals surface area contributed by atoms with E-state index in [1.54, 1.807) is 25.7 Å². The molecule has 0 bridgehead atoms. The van der Waals surface area contributed by atoms with E-state index in [0.29, 0.717) is 19.5 Å². The Morgan fingerprint density at radius 3 is 2.15 bits per heavy atom. The minimum atomic E-state index is -0.925. The van der Waals surface area contributed by atoms with Crippen LogP contribution in [0.3, 0.4) is 0 Å². The normalized spacial score (nSPS) is 13.1. The molecule has 0 aliphatic heterocycles. The number of nitrogens with one attached hydrogen (secondary N) is 2. The van der Waals surface area contributed by atoms with E-state index in [0.717, 1.165) is 36.0 Å². The molecule has 0 saturated carbocycles. The van der Waals surface area contributed by atoms with Gasteiger partial charge in [-0.1, -0.05) is 56.0 Å². The molecule has 8 heteroatoms. The zero-order valence-electron chi connectivity index (χ0n) is 21.9. The fraction of sp³-hybridized carbons (Fsp3) is 0.654. The van der Waals surface area contributed by atoms with Crippen molar-refractivity contribution in [3.63, 3.8) is 0 Å². The van der Waals surface area contributed by atoms with E-state index in [-0.39, 0.29) is 17.6 Å². The Kier molecular flexibility index (Phi) is 12.5. The summed E-state index contributed by atoms with van der Waals surface area (Å²) in [7, 11) is 0. The highest BCUT2D eigenvalue weighted by Gasteiger charge is 2.35. The fourth-order valence-electron chi connectivity index (χ4n) is 3.77. The Morgan fingerprint density at radius 2 is 1.65 bits per heavy atom. The number of unbranched alkanes of at least 4 members (excludes halogenated alkanes) is 2. The van der Waals surface area contributed by atoms with Crippen molar-refractivity contribution >= 4 is 30.5 Å². The van der Waals surface area contributed by atoms with Crippen molar-refractivity contribution < 1.29 is 19.1 Å². The van der Waals surface area contributed by atoms with E-state index < -0.39 is 23.8 Å². The van der Waals surface area contributed by atoms with E-state index >= 15 is 0 Å². The fourth-order valence-corrected chi connectivity index (χ4v) is 4.01. The molecule has 0 aliphatic rings. The standard InChI is InChI=1S/C26H43N3O4S/c1-8-10-11-12-27-23(30)22(20-15-18(3)14-19(4)16-20)29(13-9-2)24(31)21(17-34)28-25(32)33-26(5,6)7/h14-16,21-22,34H,8-13,17H2,1-7H3,(H,27,30)(H,28,32). The molecule has 7 nitrogen and oxygen atoms in total. The Bertz CT molecular complexity index is 803. The van der Waals surface area contributed by atoms with Gasteiger partial charge in [0.1, 0.15) is 17.7 Å². The van der Waals surface area contributed by atoms with Gasteiger partial charge in [0.2, 0.25) is 11.8 Å². The Labute approximate surface area is 210 Å². The number of alkyl carbamates (subject to hydrolysis) is 1. The third kappa shape index (κ3) is 9.95. The Balaban J connectivity index is 3.31. The first-order valence-electron chi connectivity index (χ1n) is 12.2. The van der Waals surface area contributed by atoms with Crippen LogP contribution < -0.4 is 10.6 Å². The Morgan fingerprint density at radius 1 is 1.03 bits per heavy atom. The van der Waals surface area contributed by atoms with E-state index in [2.05, 4.69) is 30.2 Å². The van der Waals surface area contributed by atoms with Crippen molar-refractivity contribution in [1.82, 2.24) is 15.5 Å². The van der Waals surface area contributed by atoms with Crippen LogP contribution in [0.5, 0.6) is 0 Å². The van der Waals surface area contributed by atoms with Gasteiger partial charge in [-0.2, -0.15) is 12.6 Å². The molecule has 1 aromatic rings. The molecule has 0 spiro atoms. The van der Waals surface area contributed by atoms with Gasteiger partial charge in [0, 0.05) is 18.8 Å². The molecule has 0 aromatic heterocycles. The summed E-state index contributed by atoms with van der Waals surface area (Å²) in [5.41, 5.74) is 2.08. The predicted molar refractivity (Wildman–Crippen MR) is 140 cm³/mol. The molecule has 192 valence electrons. The lowest BCUT2D eigenvalue weighted by atomic mass is 9.98. The number of rotatable bonds is 12. The first kappa shape index (κ1) is 29.8. The van der Waals surface area contributed by atoms with Crippen LogP contribution in [-0.4, -0.2) is 53.3 Å². The molecule has 0 heterocycles. The van der Waals surface area contributed by atoms with Crippen molar-refractivity contribution in [2.75, 3.05) is 18.8 Å². The minimum Gasteiger partial charge on any atom is -0.444 e. The van der Waals surface area contributed by atoms with Gasteiger partial charge in [-0.05, 0) is 53.0 Å². The molecule has 1 rings (SSSR count). The molecule has 34 heavy (non-hydrogen) atoms. The number of carbonyl (C=O) groups is 3. The van der Waals surface area contributed by atoms with Crippen molar-refractivity contribution in [3.05, 3.63) is 34.9 Å². The molecular formula is C26H43N3O4S. The van der Waals surface area contributed by atoms with Crippen molar-refractivity contribution in [3.8, 4) is 0 Å². The summed E-state index contributed by atoms with van der Waals surface area (Å²) < 4.78 is 5.33. The first-order chi connectivity index (χ1) is 15.9. The molecule has 2 N–H and O–H groups in total. The molecule has 0 radical (unpaired) electrons. The van der Waals surface area contributed by atoms with Crippen molar-refractivity contribution in [2.45, 2.75) is 91.8 Å². The van der Waals surface area contributed by atoms with Crippen LogP contribution in [0.15, 0.2) is 18.2 Å². The smallest absolute Gasteiger partial charge is 0.408 e. The predicted octanol–water partition coefficient (Wildman–Crippen LogP) is 4.71. The van der Waals surface area contributed by atoms with Crippen LogP contribution in [0.4, 0.5) is 4.79 Å². The maximum atomic E-state index is 13.7. The highest BCUT2D eigenvalue weighted by Crippen LogP contribution is 2.25. The molecule has 2 unspecified atom stereocenters. The maximum absolute atomic E-state index is 13.7. The average molecular weight is 494 g/mol. The lowest BCUT2D eigenvalue weighted by Crippen LogP contribution is -2.54. The monoisotopic (exact) mass is 493 g/mol. The molecule has 2 atom stereocenters. The molecule has 1 aromatic carbocycles. The largest absolute Gasteiger partial charge is 0.444 e. The van der Waals surface area contributed by atoms with Gasteiger partial charge in [0.05, 0.1) is 0 Å². The average Bonchev–Trinajstić information content (AvgIpc) is 2.72. The van der Waals surface area contributed by atoms with Gasteiger partial charge in [0.15, 0.2) is 0 Å². The summed E-state index contributed by atoms with van der Waals surface area (Å²) in [6.07, 6.45) is 2.92. The second-order valence-corrected chi connectivity index (χ2v) is 10.1. The maximum Gasteiger partial charge on any atom is 0.408 e. The zero-order chi connectivity index (χ0) is 25.9. The molecule has 3 amide bonds. The van der Waals surface area contributed by atoms with Crippen LogP contribution in [0, 0.1) is 13.8 Å². The van der Waals surface area contributed by atoms with Crippen LogP contribution >= 0.6 is 12.6 Å². The van der Waals surface area contributed by atoms with Crippen LogP contribution in [0.2, 0.25) is 0 Å². The third-order valence-electron chi connectivity index (χ3n) is 5.12. The van der Waals surface area contributed by atoms with Gasteiger partial charge in [-0.25, -0.2) is 4.79 Å². The van der Waals surface area contributed by atoms with Gasteiger partial charge in [-0.15, -0.1) is 0 Å². The molecule has 0 saturated heterocycles. The summed E-state index contributed by atoms with van der Waals surface area (Å²) in [6.45, 7) is 14.2. The summed E-state index contributed by atoms with van der Waals surface area (Å²) in [5.74, 6) is -0.510. The number of amides is 3. The summed E-state index contributed by atoms with van der Waals surface area (Å²) in [5, 5.41) is 5.64. The second-order valence-electron chi connectivity index (χ2n) is 9.73. The highest BCUT2D eigenvalue weighted by atomic mass is 32.1. The van der Waals surface area contributed by atoms with E-state index in [1.807, 2.05) is 39.0 Å². The van der Waals surface area contributed by atoms with Crippen molar-refractivity contribution in [2.24, 2.45) is 0 Å². The lowest BCUT2D eigenvalue weighted by Gasteiger charge is -2.34. The number of aryl methyl sites for hydroxylation is 2. The number of hydrogen-bond acceptors (Lipinski definition) is 5. The summed E-state index contributed by atoms with van der Waals surface area (Å²) in [6, 6.07) is 4.18. The van der Waals surface area contributed by atoms with Crippen molar-refractivity contribution in [1.29, 1.82) is 0 Å². The number of benzene rings is 1. The summed E-state index contributed by atoms with van der Waals surface area (Å²) in [4.78, 5) is 41.0. The highest BCUT2D eigenvalue weighted by molar-refractivity contribution is 7.80. The van der Waals surface area contributed by atoms with E-state index in [4.69, 9.17) is 4.74 Å². The number of thiol groups is 1. The number of hydrogen-bond donors (Lipinski definition) is 3. The number of carbonyl (C=O) groups excluding carboxylic acids is 3. The number of ether oxygens (including phenoxy) is 1. The SMILES string of the molecule is CCCCCNC(=O)C(c1cc(C)cc(C)c1)N(CCC)C(=O)C(CS)NC(=O)OC(C)(C)C. The topological polar surface area (TPSA) is 87.7 Å². The quantitative estimate of drug-likeness (QED) is 0.291. The third-order valence-corrected chi connectivity index (χ3v) is 5.48. The lowest BCUT2D eigenvalue weighted by molar-refractivity contribution is -0.142. The van der Waals surface area contributed by atoms with Crippen LogP contribution in [0.1, 0.15) is 83.0 Å². The first-order valence-corrected chi connectivity index (χ1v) is 12.8. The van der Waals surface area contributed by atoms with Crippen LogP contribution in [-0.2, 0) is 14.3 Å².